The van der Waals surface area contributed by atoms with E-state index in [1.54, 1.807) is 0 Å². The van der Waals surface area contributed by atoms with Gasteiger partial charge in [-0.1, -0.05) is 64.7 Å². The molecule has 0 aliphatic rings. The zero-order valence-electron chi connectivity index (χ0n) is 15.7. The first-order valence-electron chi connectivity index (χ1n) is 9.52. The number of nitrogens with one attached hydrogen (secondary N) is 1. The Balaban J connectivity index is 0. The van der Waals surface area contributed by atoms with E-state index < -0.39 is 0 Å². The SMILES string of the molecule is CCCCCCCCCCCCNOCCOCCOCCO.O. The van der Waals surface area contributed by atoms with Crippen LogP contribution in [0.1, 0.15) is 71.1 Å². The van der Waals surface area contributed by atoms with Crippen molar-refractivity contribution in [1.29, 1.82) is 0 Å². The summed E-state index contributed by atoms with van der Waals surface area (Å²) in [5.74, 6) is 0. The van der Waals surface area contributed by atoms with Crippen LogP contribution in [0, 0.1) is 0 Å². The number of rotatable bonds is 20. The molecule has 0 aliphatic carbocycles. The predicted molar refractivity (Wildman–Crippen MR) is 98.1 cm³/mol. The summed E-state index contributed by atoms with van der Waals surface area (Å²) in [7, 11) is 0. The molecule has 0 amide bonds. The first-order chi connectivity index (χ1) is 11.4. The van der Waals surface area contributed by atoms with Crippen LogP contribution in [0.3, 0.4) is 0 Å². The number of ether oxygens (including phenoxy) is 2. The predicted octanol–water partition coefficient (Wildman–Crippen LogP) is 2.63. The summed E-state index contributed by atoms with van der Waals surface area (Å²) in [6, 6.07) is 0. The molecule has 0 heterocycles. The zero-order chi connectivity index (χ0) is 16.8. The Morgan fingerprint density at radius 1 is 0.667 bits per heavy atom. The van der Waals surface area contributed by atoms with E-state index in [2.05, 4.69) is 12.4 Å². The fourth-order valence-electron chi connectivity index (χ4n) is 2.32. The molecule has 0 saturated heterocycles. The molecule has 148 valence electrons. The van der Waals surface area contributed by atoms with E-state index in [9.17, 15) is 0 Å². The summed E-state index contributed by atoms with van der Waals surface area (Å²) in [6.07, 6.45) is 13.5. The van der Waals surface area contributed by atoms with E-state index in [0.29, 0.717) is 33.0 Å². The van der Waals surface area contributed by atoms with Gasteiger partial charge in [-0.3, -0.25) is 4.84 Å². The van der Waals surface area contributed by atoms with Crippen molar-refractivity contribution in [2.45, 2.75) is 71.1 Å². The second-order valence-corrected chi connectivity index (χ2v) is 5.87. The highest BCUT2D eigenvalue weighted by atomic mass is 16.7. The summed E-state index contributed by atoms with van der Waals surface area (Å²) >= 11 is 0. The quantitative estimate of drug-likeness (QED) is 0.260. The highest BCUT2D eigenvalue weighted by Gasteiger charge is 1.94. The number of unbranched alkanes of at least 4 members (excludes halogenated alkanes) is 9. The van der Waals surface area contributed by atoms with E-state index in [1.165, 1.54) is 64.2 Å². The van der Waals surface area contributed by atoms with Crippen molar-refractivity contribution < 1.29 is 24.9 Å². The number of aliphatic hydroxyl groups is 1. The Kier molecular flexibility index (Phi) is 27.1. The maximum absolute atomic E-state index is 8.52. The molecule has 0 aliphatic heterocycles. The second-order valence-electron chi connectivity index (χ2n) is 5.87. The summed E-state index contributed by atoms with van der Waals surface area (Å²) in [6.45, 7) is 5.79. The smallest absolute Gasteiger partial charge is 0.0916 e. The van der Waals surface area contributed by atoms with E-state index in [0.717, 1.165) is 6.54 Å². The Labute approximate surface area is 148 Å². The number of aliphatic hydroxyl groups excluding tert-OH is 1. The molecule has 0 atom stereocenters. The Morgan fingerprint density at radius 2 is 1.17 bits per heavy atom. The van der Waals surface area contributed by atoms with Gasteiger partial charge in [0.1, 0.15) is 0 Å². The molecule has 6 heteroatoms. The van der Waals surface area contributed by atoms with Gasteiger partial charge in [0.15, 0.2) is 0 Å². The van der Waals surface area contributed by atoms with Gasteiger partial charge in [0.2, 0.25) is 0 Å². The van der Waals surface area contributed by atoms with Gasteiger partial charge in [0.05, 0.1) is 39.6 Å². The third kappa shape index (κ3) is 24.0. The molecule has 0 radical (unpaired) electrons. The highest BCUT2D eigenvalue weighted by Crippen LogP contribution is 2.10. The lowest BCUT2D eigenvalue weighted by atomic mass is 10.1. The van der Waals surface area contributed by atoms with Gasteiger partial charge in [-0.15, -0.1) is 0 Å². The van der Waals surface area contributed by atoms with Gasteiger partial charge in [0, 0.05) is 6.54 Å². The van der Waals surface area contributed by atoms with Gasteiger partial charge in [-0.2, -0.15) is 0 Å². The van der Waals surface area contributed by atoms with Crippen LogP contribution < -0.4 is 5.48 Å². The summed E-state index contributed by atoms with van der Waals surface area (Å²) in [5, 5.41) is 8.52. The first kappa shape index (κ1) is 26.0. The van der Waals surface area contributed by atoms with Crippen LogP contribution >= 0.6 is 0 Å². The van der Waals surface area contributed by atoms with Gasteiger partial charge in [-0.25, -0.2) is 5.48 Å². The normalized spacial score (nSPS) is 10.8. The average molecular weight is 352 g/mol. The van der Waals surface area contributed by atoms with Crippen LogP contribution in [-0.4, -0.2) is 56.8 Å². The van der Waals surface area contributed by atoms with Crippen molar-refractivity contribution in [1.82, 2.24) is 5.48 Å². The molecule has 0 bridgehead atoms. The molecule has 0 spiro atoms. The molecule has 24 heavy (non-hydrogen) atoms. The van der Waals surface area contributed by atoms with Gasteiger partial charge >= 0.3 is 0 Å². The van der Waals surface area contributed by atoms with Crippen molar-refractivity contribution in [3.8, 4) is 0 Å². The highest BCUT2D eigenvalue weighted by molar-refractivity contribution is 4.48. The minimum Gasteiger partial charge on any atom is -0.412 e. The monoisotopic (exact) mass is 351 g/mol. The number of hydrogen-bond donors (Lipinski definition) is 2. The molecule has 0 aromatic carbocycles. The maximum Gasteiger partial charge on any atom is 0.0916 e. The van der Waals surface area contributed by atoms with Crippen LogP contribution in [0.25, 0.3) is 0 Å². The number of hydrogen-bond acceptors (Lipinski definition) is 5. The van der Waals surface area contributed by atoms with Crippen molar-refractivity contribution in [2.75, 3.05) is 46.2 Å². The summed E-state index contributed by atoms with van der Waals surface area (Å²) in [4.78, 5) is 5.29. The molecule has 0 fully saturated rings. The minimum atomic E-state index is 0. The van der Waals surface area contributed by atoms with Crippen LogP contribution in [0.5, 0.6) is 0 Å². The molecule has 6 nitrogen and oxygen atoms in total. The van der Waals surface area contributed by atoms with E-state index >= 15 is 0 Å². The first-order valence-corrected chi connectivity index (χ1v) is 9.52. The van der Waals surface area contributed by atoms with Gasteiger partial charge in [-0.05, 0) is 6.42 Å². The molecule has 0 aromatic rings. The lowest BCUT2D eigenvalue weighted by Gasteiger charge is -2.07. The third-order valence-corrected chi connectivity index (χ3v) is 3.67. The largest absolute Gasteiger partial charge is 0.412 e. The van der Waals surface area contributed by atoms with Crippen molar-refractivity contribution >= 4 is 0 Å². The van der Waals surface area contributed by atoms with Crippen molar-refractivity contribution in [2.24, 2.45) is 0 Å². The van der Waals surface area contributed by atoms with Crippen molar-refractivity contribution in [3.63, 3.8) is 0 Å². The second kappa shape index (κ2) is 25.0. The van der Waals surface area contributed by atoms with Gasteiger partial charge < -0.3 is 20.1 Å². The Bertz CT molecular complexity index is 188. The average Bonchev–Trinajstić information content (AvgIpc) is 2.57. The van der Waals surface area contributed by atoms with Gasteiger partial charge in [0.25, 0.3) is 0 Å². The summed E-state index contributed by atoms with van der Waals surface area (Å²) in [5.41, 5.74) is 2.98. The third-order valence-electron chi connectivity index (χ3n) is 3.67. The zero-order valence-corrected chi connectivity index (χ0v) is 15.7. The molecule has 0 rings (SSSR count). The number of hydroxylamine groups is 1. The maximum atomic E-state index is 8.52. The molecule has 0 aromatic heterocycles. The standard InChI is InChI=1S/C18H39NO4.H2O/c1-2-3-4-5-6-7-8-9-10-11-12-19-23-18-17-22-16-15-21-14-13-20;/h19-20H,2-18H2,1H3;1H2. The van der Waals surface area contributed by atoms with Crippen molar-refractivity contribution in [3.05, 3.63) is 0 Å². The van der Waals surface area contributed by atoms with Crippen LogP contribution in [0.15, 0.2) is 0 Å². The Hall–Kier alpha value is -0.240. The molecule has 4 N–H and O–H groups in total. The van der Waals surface area contributed by atoms with Crippen LogP contribution in [0.2, 0.25) is 0 Å². The van der Waals surface area contributed by atoms with Crippen LogP contribution in [-0.2, 0) is 14.3 Å². The molecule has 0 unspecified atom stereocenters. The van der Waals surface area contributed by atoms with E-state index in [1.807, 2.05) is 0 Å². The fourth-order valence-corrected chi connectivity index (χ4v) is 2.32. The lowest BCUT2D eigenvalue weighted by molar-refractivity contribution is -0.0212. The molecule has 0 saturated carbocycles. The minimum absolute atomic E-state index is 0. The Morgan fingerprint density at radius 3 is 1.75 bits per heavy atom. The topological polar surface area (TPSA) is 91.5 Å². The lowest BCUT2D eigenvalue weighted by Crippen LogP contribution is -2.19. The van der Waals surface area contributed by atoms with Crippen LogP contribution in [0.4, 0.5) is 0 Å². The van der Waals surface area contributed by atoms with E-state index in [4.69, 9.17) is 19.4 Å². The molecular formula is C18H41NO5. The summed E-state index contributed by atoms with van der Waals surface area (Å²) < 4.78 is 10.4. The van der Waals surface area contributed by atoms with E-state index in [-0.39, 0.29) is 12.1 Å². The fraction of sp³-hybridized carbons (Fsp3) is 1.00. The molecular weight excluding hydrogens is 310 g/mol.